The molecule has 0 heterocycles. The average Bonchev–Trinajstić information content (AvgIpc) is 2.34. The zero-order valence-corrected chi connectivity index (χ0v) is 12.3. The summed E-state index contributed by atoms with van der Waals surface area (Å²) in [7, 11) is 0. The topological polar surface area (TPSA) is 86.7 Å². The third kappa shape index (κ3) is 8.39. The minimum atomic E-state index is -0.812. The highest BCUT2D eigenvalue weighted by molar-refractivity contribution is 5.97. The van der Waals surface area contributed by atoms with E-state index in [-0.39, 0.29) is 37.6 Å². The molecule has 1 atom stereocenters. The molecule has 0 fully saturated rings. The molecule has 0 spiro atoms. The SMILES string of the molecule is CCCOC(=O)C(CCCOC(=O)CC(C)=O)C(C)=O. The Hall–Kier alpha value is -1.72. The van der Waals surface area contributed by atoms with Gasteiger partial charge in [0, 0.05) is 0 Å². The van der Waals surface area contributed by atoms with Gasteiger partial charge in [0.1, 0.15) is 23.9 Å². The first-order valence-corrected chi connectivity index (χ1v) is 6.70. The number of carbonyl (C=O) groups excluding carboxylic acids is 4. The van der Waals surface area contributed by atoms with Gasteiger partial charge in [-0.15, -0.1) is 0 Å². The Labute approximate surface area is 118 Å². The lowest BCUT2D eigenvalue weighted by Crippen LogP contribution is -2.25. The van der Waals surface area contributed by atoms with Crippen LogP contribution in [0, 0.1) is 5.92 Å². The normalized spacial score (nSPS) is 11.6. The van der Waals surface area contributed by atoms with Gasteiger partial charge < -0.3 is 9.47 Å². The first-order chi connectivity index (χ1) is 9.38. The summed E-state index contributed by atoms with van der Waals surface area (Å²) in [5.41, 5.74) is 0. The Balaban J connectivity index is 4.04. The molecule has 0 saturated heterocycles. The Morgan fingerprint density at radius 2 is 1.65 bits per heavy atom. The van der Waals surface area contributed by atoms with Gasteiger partial charge in [-0.3, -0.25) is 19.2 Å². The Kier molecular flexibility index (Phi) is 9.24. The van der Waals surface area contributed by atoms with E-state index >= 15 is 0 Å². The fourth-order valence-corrected chi connectivity index (χ4v) is 1.52. The van der Waals surface area contributed by atoms with Crippen LogP contribution in [0.15, 0.2) is 0 Å². The summed E-state index contributed by atoms with van der Waals surface area (Å²) in [6.45, 7) is 4.87. The zero-order chi connectivity index (χ0) is 15.5. The Morgan fingerprint density at radius 1 is 1.00 bits per heavy atom. The fourth-order valence-electron chi connectivity index (χ4n) is 1.52. The molecule has 6 nitrogen and oxygen atoms in total. The third-order valence-corrected chi connectivity index (χ3v) is 2.52. The molecule has 0 aliphatic carbocycles. The second-order valence-electron chi connectivity index (χ2n) is 4.57. The summed E-state index contributed by atoms with van der Waals surface area (Å²) in [4.78, 5) is 44.8. The van der Waals surface area contributed by atoms with Crippen LogP contribution in [0.2, 0.25) is 0 Å². The largest absolute Gasteiger partial charge is 0.465 e. The first-order valence-electron chi connectivity index (χ1n) is 6.70. The maximum atomic E-state index is 11.6. The van der Waals surface area contributed by atoms with E-state index in [4.69, 9.17) is 9.47 Å². The van der Waals surface area contributed by atoms with Crippen molar-refractivity contribution in [3.8, 4) is 0 Å². The quantitative estimate of drug-likeness (QED) is 0.343. The summed E-state index contributed by atoms with van der Waals surface area (Å²) in [6, 6.07) is 0. The molecule has 0 aliphatic rings. The summed E-state index contributed by atoms with van der Waals surface area (Å²) < 4.78 is 9.75. The van der Waals surface area contributed by atoms with Gasteiger partial charge in [0.2, 0.25) is 0 Å². The van der Waals surface area contributed by atoms with Gasteiger partial charge in [0.25, 0.3) is 0 Å². The van der Waals surface area contributed by atoms with Gasteiger partial charge in [0.15, 0.2) is 0 Å². The van der Waals surface area contributed by atoms with Gasteiger partial charge in [0.05, 0.1) is 13.2 Å². The molecule has 0 bridgehead atoms. The van der Waals surface area contributed by atoms with E-state index in [2.05, 4.69) is 0 Å². The molecule has 0 radical (unpaired) electrons. The molecular weight excluding hydrogens is 264 g/mol. The number of hydrogen-bond acceptors (Lipinski definition) is 6. The lowest BCUT2D eigenvalue weighted by Gasteiger charge is -2.12. The minimum absolute atomic E-state index is 0.0803. The van der Waals surface area contributed by atoms with Crippen molar-refractivity contribution in [1.82, 2.24) is 0 Å². The van der Waals surface area contributed by atoms with E-state index in [1.165, 1.54) is 13.8 Å². The van der Waals surface area contributed by atoms with E-state index in [1.54, 1.807) is 0 Å². The van der Waals surface area contributed by atoms with Crippen LogP contribution in [-0.2, 0) is 28.7 Å². The minimum Gasteiger partial charge on any atom is -0.465 e. The monoisotopic (exact) mass is 286 g/mol. The number of ether oxygens (including phenoxy) is 2. The second kappa shape index (κ2) is 10.1. The molecule has 114 valence electrons. The van der Waals surface area contributed by atoms with Crippen LogP contribution in [0.3, 0.4) is 0 Å². The van der Waals surface area contributed by atoms with Crippen LogP contribution < -0.4 is 0 Å². The summed E-state index contributed by atoms with van der Waals surface area (Å²) in [5.74, 6) is -2.46. The molecule has 0 N–H and O–H groups in total. The van der Waals surface area contributed by atoms with Crippen molar-refractivity contribution < 1.29 is 28.7 Å². The predicted molar refractivity (Wildman–Crippen MR) is 70.9 cm³/mol. The number of esters is 2. The highest BCUT2D eigenvalue weighted by atomic mass is 16.5. The number of Topliss-reactive ketones (excluding diaryl/α,β-unsaturated/α-hetero) is 2. The van der Waals surface area contributed by atoms with Crippen molar-refractivity contribution in [2.45, 2.75) is 46.5 Å². The highest BCUT2D eigenvalue weighted by Gasteiger charge is 2.24. The third-order valence-electron chi connectivity index (χ3n) is 2.52. The van der Waals surface area contributed by atoms with Crippen molar-refractivity contribution in [2.75, 3.05) is 13.2 Å². The van der Waals surface area contributed by atoms with E-state index in [0.717, 1.165) is 0 Å². The summed E-state index contributed by atoms with van der Waals surface area (Å²) in [6.07, 6.45) is 1.08. The molecule has 0 amide bonds. The molecule has 1 unspecified atom stereocenters. The molecule has 0 aromatic heterocycles. The van der Waals surface area contributed by atoms with Crippen molar-refractivity contribution in [2.24, 2.45) is 5.92 Å². The summed E-state index contributed by atoms with van der Waals surface area (Å²) in [5, 5.41) is 0. The average molecular weight is 286 g/mol. The van der Waals surface area contributed by atoms with Crippen LogP contribution in [-0.4, -0.2) is 36.7 Å². The lowest BCUT2D eigenvalue weighted by atomic mass is 9.99. The van der Waals surface area contributed by atoms with Gasteiger partial charge in [-0.2, -0.15) is 0 Å². The van der Waals surface area contributed by atoms with E-state index in [9.17, 15) is 19.2 Å². The van der Waals surface area contributed by atoms with Crippen LogP contribution in [0.4, 0.5) is 0 Å². The first kappa shape index (κ1) is 18.3. The zero-order valence-electron chi connectivity index (χ0n) is 12.3. The van der Waals surface area contributed by atoms with Crippen molar-refractivity contribution in [1.29, 1.82) is 0 Å². The standard InChI is InChI=1S/C14H22O6/c1-4-7-20-14(18)12(11(3)16)6-5-8-19-13(17)9-10(2)15/h12H,4-9H2,1-3H3. The van der Waals surface area contributed by atoms with E-state index in [1.807, 2.05) is 6.92 Å². The van der Waals surface area contributed by atoms with Gasteiger partial charge >= 0.3 is 11.9 Å². The fraction of sp³-hybridized carbons (Fsp3) is 0.714. The molecule has 0 aromatic rings. The number of ketones is 2. The second-order valence-corrected chi connectivity index (χ2v) is 4.57. The smallest absolute Gasteiger partial charge is 0.316 e. The molecular formula is C14H22O6. The van der Waals surface area contributed by atoms with Crippen molar-refractivity contribution in [3.63, 3.8) is 0 Å². The molecule has 6 heteroatoms. The molecule has 0 aromatic carbocycles. The van der Waals surface area contributed by atoms with Gasteiger partial charge in [-0.25, -0.2) is 0 Å². The molecule has 20 heavy (non-hydrogen) atoms. The van der Waals surface area contributed by atoms with Crippen molar-refractivity contribution in [3.05, 3.63) is 0 Å². The number of carbonyl (C=O) groups is 4. The number of rotatable bonds is 10. The van der Waals surface area contributed by atoms with Crippen LogP contribution in [0.5, 0.6) is 0 Å². The van der Waals surface area contributed by atoms with Gasteiger partial charge in [-0.1, -0.05) is 6.92 Å². The number of hydrogen-bond donors (Lipinski definition) is 0. The summed E-state index contributed by atoms with van der Waals surface area (Å²) >= 11 is 0. The van der Waals surface area contributed by atoms with Crippen LogP contribution in [0.25, 0.3) is 0 Å². The van der Waals surface area contributed by atoms with E-state index < -0.39 is 17.9 Å². The van der Waals surface area contributed by atoms with Crippen LogP contribution in [0.1, 0.15) is 46.5 Å². The maximum absolute atomic E-state index is 11.6. The van der Waals surface area contributed by atoms with Crippen LogP contribution >= 0.6 is 0 Å². The highest BCUT2D eigenvalue weighted by Crippen LogP contribution is 2.11. The van der Waals surface area contributed by atoms with Gasteiger partial charge in [-0.05, 0) is 33.1 Å². The predicted octanol–water partition coefficient (Wildman–Crippen LogP) is 1.45. The Bertz CT molecular complexity index is 361. The van der Waals surface area contributed by atoms with Crippen molar-refractivity contribution >= 4 is 23.5 Å². The Morgan fingerprint density at radius 3 is 2.15 bits per heavy atom. The molecule has 0 rings (SSSR count). The van der Waals surface area contributed by atoms with E-state index in [0.29, 0.717) is 12.8 Å². The maximum Gasteiger partial charge on any atom is 0.316 e. The lowest BCUT2D eigenvalue weighted by molar-refractivity contribution is -0.152. The molecule has 0 saturated carbocycles. The molecule has 0 aliphatic heterocycles.